The Bertz CT molecular complexity index is 1810. The van der Waals surface area contributed by atoms with E-state index in [2.05, 4.69) is 58.7 Å². The number of hydrogen-bond acceptors (Lipinski definition) is 5. The summed E-state index contributed by atoms with van der Waals surface area (Å²) < 4.78 is 9.01. The first kappa shape index (κ1) is 21.0. The molecule has 0 amide bonds. The fourth-order valence-electron chi connectivity index (χ4n) is 5.08. The molecular formula is C29H20N4O2S. The monoisotopic (exact) mass is 488 g/mol. The third kappa shape index (κ3) is 3.03. The molecule has 0 N–H and O–H groups in total. The summed E-state index contributed by atoms with van der Waals surface area (Å²) in [7, 11) is 1.61. The van der Waals surface area contributed by atoms with Crippen LogP contribution in [-0.4, -0.2) is 26.3 Å². The topological polar surface area (TPSA) is 61.4 Å². The van der Waals surface area contributed by atoms with E-state index < -0.39 is 0 Å². The Kier molecular flexibility index (Phi) is 4.72. The number of para-hydroxylation sites is 1. The molecule has 6 aromatic rings. The SMILES string of the molecule is COc1cccc(-n2c(=O)c3ccccc3n3c(SC4c5ccccc5-c5ccccc54)nnc23)c1. The van der Waals surface area contributed by atoms with Crippen molar-refractivity contribution in [2.75, 3.05) is 7.11 Å². The van der Waals surface area contributed by atoms with Crippen LogP contribution in [-0.2, 0) is 0 Å². The molecule has 36 heavy (non-hydrogen) atoms. The molecule has 0 fully saturated rings. The number of aromatic nitrogens is 4. The zero-order chi connectivity index (χ0) is 24.2. The van der Waals surface area contributed by atoms with Crippen LogP contribution in [0.5, 0.6) is 5.75 Å². The first-order valence-electron chi connectivity index (χ1n) is 11.6. The highest BCUT2D eigenvalue weighted by atomic mass is 32.2. The first-order chi connectivity index (χ1) is 17.7. The second-order valence-electron chi connectivity index (χ2n) is 8.65. The largest absolute Gasteiger partial charge is 0.497 e. The molecule has 1 aliphatic carbocycles. The Hall–Kier alpha value is -4.36. The summed E-state index contributed by atoms with van der Waals surface area (Å²) >= 11 is 1.65. The molecule has 6 nitrogen and oxygen atoms in total. The number of fused-ring (bicyclic) bond motifs is 6. The van der Waals surface area contributed by atoms with Crippen molar-refractivity contribution in [3.8, 4) is 22.6 Å². The van der Waals surface area contributed by atoms with Crippen LogP contribution in [0.4, 0.5) is 0 Å². The van der Waals surface area contributed by atoms with E-state index in [0.717, 1.165) is 10.7 Å². The molecule has 2 aromatic heterocycles. The van der Waals surface area contributed by atoms with E-state index in [1.165, 1.54) is 22.3 Å². The number of benzene rings is 4. The predicted octanol–water partition coefficient (Wildman–Crippen LogP) is 5.90. The molecule has 4 aromatic carbocycles. The molecule has 0 bridgehead atoms. The summed E-state index contributed by atoms with van der Waals surface area (Å²) in [5, 5.41) is 10.5. The third-order valence-electron chi connectivity index (χ3n) is 6.71. The Morgan fingerprint density at radius 2 is 1.50 bits per heavy atom. The summed E-state index contributed by atoms with van der Waals surface area (Å²) in [6.45, 7) is 0. The number of ether oxygens (including phenoxy) is 1. The molecule has 0 atom stereocenters. The van der Waals surface area contributed by atoms with E-state index in [0.29, 0.717) is 22.6 Å². The summed E-state index contributed by atoms with van der Waals surface area (Å²) in [5.41, 5.74) is 6.32. The minimum absolute atomic E-state index is 0.0701. The van der Waals surface area contributed by atoms with Crippen LogP contribution in [0.15, 0.2) is 107 Å². The second kappa shape index (κ2) is 8.10. The lowest BCUT2D eigenvalue weighted by Crippen LogP contribution is -2.21. The van der Waals surface area contributed by atoms with Gasteiger partial charge < -0.3 is 4.74 Å². The van der Waals surface area contributed by atoms with Crippen molar-refractivity contribution in [1.29, 1.82) is 0 Å². The van der Waals surface area contributed by atoms with Gasteiger partial charge in [0, 0.05) is 6.07 Å². The first-order valence-corrected chi connectivity index (χ1v) is 12.5. The zero-order valence-electron chi connectivity index (χ0n) is 19.3. The zero-order valence-corrected chi connectivity index (χ0v) is 20.1. The van der Waals surface area contributed by atoms with E-state index in [1.807, 2.05) is 52.9 Å². The van der Waals surface area contributed by atoms with Crippen LogP contribution >= 0.6 is 11.8 Å². The fraction of sp³-hybridized carbons (Fsp3) is 0.0690. The van der Waals surface area contributed by atoms with Crippen LogP contribution in [0.3, 0.4) is 0 Å². The molecule has 0 saturated heterocycles. The van der Waals surface area contributed by atoms with Gasteiger partial charge in [-0.3, -0.25) is 9.20 Å². The Morgan fingerprint density at radius 1 is 0.806 bits per heavy atom. The van der Waals surface area contributed by atoms with E-state index >= 15 is 0 Å². The number of methoxy groups -OCH3 is 1. The maximum Gasteiger partial charge on any atom is 0.267 e. The van der Waals surface area contributed by atoms with Gasteiger partial charge in [0.05, 0.1) is 29.0 Å². The second-order valence-corrected chi connectivity index (χ2v) is 9.72. The summed E-state index contributed by atoms with van der Waals surface area (Å²) in [6.07, 6.45) is 0. The minimum atomic E-state index is -0.146. The van der Waals surface area contributed by atoms with Crippen LogP contribution in [0.1, 0.15) is 16.4 Å². The maximum absolute atomic E-state index is 13.7. The lowest BCUT2D eigenvalue weighted by Gasteiger charge is -2.14. The van der Waals surface area contributed by atoms with Gasteiger partial charge in [0.15, 0.2) is 5.16 Å². The van der Waals surface area contributed by atoms with Gasteiger partial charge in [0.25, 0.3) is 5.56 Å². The van der Waals surface area contributed by atoms with Crippen molar-refractivity contribution in [1.82, 2.24) is 19.2 Å². The normalized spacial score (nSPS) is 12.7. The molecule has 1 aliphatic rings. The molecule has 174 valence electrons. The van der Waals surface area contributed by atoms with Crippen LogP contribution in [0.2, 0.25) is 0 Å². The highest BCUT2D eigenvalue weighted by molar-refractivity contribution is 7.99. The quantitative estimate of drug-likeness (QED) is 0.309. The number of hydrogen-bond donors (Lipinski definition) is 0. The van der Waals surface area contributed by atoms with Crippen molar-refractivity contribution in [2.45, 2.75) is 10.4 Å². The highest BCUT2D eigenvalue weighted by Crippen LogP contribution is 2.51. The van der Waals surface area contributed by atoms with Crippen LogP contribution in [0, 0.1) is 0 Å². The molecule has 7 rings (SSSR count). The average molecular weight is 489 g/mol. The van der Waals surface area contributed by atoms with Gasteiger partial charge in [-0.15, -0.1) is 10.2 Å². The molecule has 0 aliphatic heterocycles. The molecule has 0 spiro atoms. The van der Waals surface area contributed by atoms with E-state index in [1.54, 1.807) is 23.4 Å². The Balaban J connectivity index is 1.47. The highest BCUT2D eigenvalue weighted by Gasteiger charge is 2.31. The molecular weight excluding hydrogens is 468 g/mol. The van der Waals surface area contributed by atoms with Gasteiger partial charge in [0.2, 0.25) is 5.78 Å². The van der Waals surface area contributed by atoms with Crippen molar-refractivity contribution in [3.63, 3.8) is 0 Å². The lowest BCUT2D eigenvalue weighted by molar-refractivity contribution is 0.414. The standard InChI is InChI=1S/C29H20N4O2S/c1-35-19-10-8-9-18(17-19)32-27(34)24-15-6-7-16-25(24)33-28(32)30-31-29(33)36-26-22-13-4-2-11-20(22)21-12-3-5-14-23(21)26/h2-17,26H,1H3. The van der Waals surface area contributed by atoms with Gasteiger partial charge in [-0.1, -0.05) is 78.5 Å². The van der Waals surface area contributed by atoms with Gasteiger partial charge in [-0.2, -0.15) is 0 Å². The number of nitrogens with zero attached hydrogens (tertiary/aromatic N) is 4. The maximum atomic E-state index is 13.7. The van der Waals surface area contributed by atoms with E-state index in [4.69, 9.17) is 4.74 Å². The van der Waals surface area contributed by atoms with Crippen molar-refractivity contribution >= 4 is 28.4 Å². The van der Waals surface area contributed by atoms with Gasteiger partial charge >= 0.3 is 0 Å². The number of thioether (sulfide) groups is 1. The molecule has 0 unspecified atom stereocenters. The third-order valence-corrected chi connectivity index (χ3v) is 7.92. The Morgan fingerprint density at radius 3 is 2.25 bits per heavy atom. The predicted molar refractivity (Wildman–Crippen MR) is 142 cm³/mol. The molecule has 0 saturated carbocycles. The molecule has 2 heterocycles. The van der Waals surface area contributed by atoms with Gasteiger partial charge in [0.1, 0.15) is 5.75 Å². The van der Waals surface area contributed by atoms with Crippen molar-refractivity contribution in [2.24, 2.45) is 0 Å². The summed E-state index contributed by atoms with van der Waals surface area (Å²) in [6, 6.07) is 32.1. The fourth-order valence-corrected chi connectivity index (χ4v) is 6.33. The van der Waals surface area contributed by atoms with E-state index in [-0.39, 0.29) is 10.8 Å². The van der Waals surface area contributed by atoms with Gasteiger partial charge in [-0.05, 0) is 46.5 Å². The summed E-state index contributed by atoms with van der Waals surface area (Å²) in [4.78, 5) is 13.7. The average Bonchev–Trinajstić information content (AvgIpc) is 3.49. The summed E-state index contributed by atoms with van der Waals surface area (Å²) in [5.74, 6) is 1.13. The molecule has 7 heteroatoms. The smallest absolute Gasteiger partial charge is 0.267 e. The van der Waals surface area contributed by atoms with Crippen molar-refractivity contribution < 1.29 is 4.74 Å². The van der Waals surface area contributed by atoms with Crippen LogP contribution < -0.4 is 10.3 Å². The van der Waals surface area contributed by atoms with Crippen LogP contribution in [0.25, 0.3) is 33.5 Å². The molecule has 0 radical (unpaired) electrons. The minimum Gasteiger partial charge on any atom is -0.497 e. The Labute approximate surface area is 210 Å². The number of rotatable bonds is 4. The lowest BCUT2D eigenvalue weighted by atomic mass is 10.1. The van der Waals surface area contributed by atoms with E-state index in [9.17, 15) is 4.79 Å². The van der Waals surface area contributed by atoms with Gasteiger partial charge in [-0.25, -0.2) is 4.57 Å². The van der Waals surface area contributed by atoms with Crippen molar-refractivity contribution in [3.05, 3.63) is 119 Å².